The van der Waals surface area contributed by atoms with Crippen molar-refractivity contribution < 1.29 is 19.4 Å². The molecule has 0 aliphatic carbocycles. The van der Waals surface area contributed by atoms with Gasteiger partial charge in [-0.25, -0.2) is 4.79 Å². The molecular formula is C10H11BrO4. The molecule has 0 aliphatic heterocycles. The predicted octanol–water partition coefficient (Wildman–Crippen LogP) is 1.66. The summed E-state index contributed by atoms with van der Waals surface area (Å²) in [6.07, 6.45) is -1.28. The van der Waals surface area contributed by atoms with Gasteiger partial charge in [-0.1, -0.05) is 22.0 Å². The topological polar surface area (TPSA) is 55.8 Å². The molecule has 0 spiro atoms. The average Bonchev–Trinajstić information content (AvgIpc) is 2.26. The van der Waals surface area contributed by atoms with Crippen molar-refractivity contribution in [1.82, 2.24) is 0 Å². The van der Waals surface area contributed by atoms with Crippen LogP contribution in [0.2, 0.25) is 0 Å². The number of esters is 1. The highest BCUT2D eigenvalue weighted by Crippen LogP contribution is 2.28. The minimum Gasteiger partial charge on any atom is -0.497 e. The van der Waals surface area contributed by atoms with Gasteiger partial charge in [0, 0.05) is 10.0 Å². The summed E-state index contributed by atoms with van der Waals surface area (Å²) >= 11 is 3.24. The monoisotopic (exact) mass is 274 g/mol. The van der Waals surface area contributed by atoms with Crippen molar-refractivity contribution in [1.29, 1.82) is 0 Å². The molecule has 0 amide bonds. The van der Waals surface area contributed by atoms with Gasteiger partial charge in [-0.05, 0) is 12.1 Å². The minimum absolute atomic E-state index is 0.447. The second-order valence-corrected chi connectivity index (χ2v) is 3.67. The van der Waals surface area contributed by atoms with Crippen molar-refractivity contribution in [3.8, 4) is 5.75 Å². The predicted molar refractivity (Wildman–Crippen MR) is 57.7 cm³/mol. The fourth-order valence-electron chi connectivity index (χ4n) is 1.10. The van der Waals surface area contributed by atoms with Crippen LogP contribution in [0.3, 0.4) is 0 Å². The third kappa shape index (κ3) is 2.70. The number of halogens is 1. The molecule has 1 aromatic rings. The Morgan fingerprint density at radius 2 is 2.13 bits per heavy atom. The summed E-state index contributed by atoms with van der Waals surface area (Å²) in [6.45, 7) is 0. The van der Waals surface area contributed by atoms with E-state index in [1.165, 1.54) is 14.2 Å². The molecule has 0 bridgehead atoms. The van der Waals surface area contributed by atoms with Gasteiger partial charge in [0.15, 0.2) is 6.10 Å². The maximum atomic E-state index is 11.1. The molecule has 0 aromatic heterocycles. The Bertz CT molecular complexity index is 364. The number of carbonyl (C=O) groups is 1. The Morgan fingerprint density at radius 3 is 2.60 bits per heavy atom. The Labute approximate surface area is 95.9 Å². The van der Waals surface area contributed by atoms with Crippen LogP contribution < -0.4 is 4.74 Å². The lowest BCUT2D eigenvalue weighted by Crippen LogP contribution is -2.13. The molecule has 0 radical (unpaired) electrons. The van der Waals surface area contributed by atoms with E-state index < -0.39 is 12.1 Å². The van der Waals surface area contributed by atoms with Gasteiger partial charge in [0.1, 0.15) is 5.75 Å². The summed E-state index contributed by atoms with van der Waals surface area (Å²) in [7, 11) is 2.77. The highest BCUT2D eigenvalue weighted by molar-refractivity contribution is 9.10. The molecule has 1 rings (SSSR count). The van der Waals surface area contributed by atoms with Gasteiger partial charge in [0.05, 0.1) is 14.2 Å². The van der Waals surface area contributed by atoms with Crippen molar-refractivity contribution in [3.05, 3.63) is 28.2 Å². The normalized spacial score (nSPS) is 12.0. The van der Waals surface area contributed by atoms with Crippen LogP contribution in [0.15, 0.2) is 22.7 Å². The first-order valence-corrected chi connectivity index (χ1v) is 4.98. The molecule has 1 N–H and O–H groups in total. The smallest absolute Gasteiger partial charge is 0.339 e. The number of aliphatic hydroxyl groups excluding tert-OH is 1. The molecule has 82 valence electrons. The van der Waals surface area contributed by atoms with Gasteiger partial charge >= 0.3 is 5.97 Å². The van der Waals surface area contributed by atoms with Crippen LogP contribution in [0.4, 0.5) is 0 Å². The molecule has 0 heterocycles. The largest absolute Gasteiger partial charge is 0.497 e. The van der Waals surface area contributed by atoms with E-state index in [-0.39, 0.29) is 0 Å². The summed E-state index contributed by atoms with van der Waals surface area (Å²) in [6, 6.07) is 4.93. The molecule has 1 aromatic carbocycles. The van der Waals surface area contributed by atoms with Gasteiger partial charge in [-0.3, -0.25) is 0 Å². The van der Waals surface area contributed by atoms with Crippen LogP contribution >= 0.6 is 15.9 Å². The first-order chi connectivity index (χ1) is 7.10. The van der Waals surface area contributed by atoms with Crippen LogP contribution in [0.25, 0.3) is 0 Å². The second kappa shape index (κ2) is 5.14. The zero-order valence-corrected chi connectivity index (χ0v) is 9.95. The van der Waals surface area contributed by atoms with Gasteiger partial charge in [0.25, 0.3) is 0 Å². The third-order valence-electron chi connectivity index (χ3n) is 1.93. The van der Waals surface area contributed by atoms with Crippen LogP contribution in [-0.2, 0) is 9.53 Å². The molecule has 15 heavy (non-hydrogen) atoms. The number of benzene rings is 1. The number of hydrogen-bond acceptors (Lipinski definition) is 4. The average molecular weight is 275 g/mol. The fourth-order valence-corrected chi connectivity index (χ4v) is 1.67. The fraction of sp³-hybridized carbons (Fsp3) is 0.300. The summed E-state index contributed by atoms with van der Waals surface area (Å²) in [4.78, 5) is 11.1. The zero-order valence-electron chi connectivity index (χ0n) is 8.36. The standard InChI is InChI=1S/C10H11BrO4/c1-14-6-3-4-7(8(11)5-6)9(12)10(13)15-2/h3-5,9,12H,1-2H3. The van der Waals surface area contributed by atoms with E-state index in [1.807, 2.05) is 0 Å². The number of rotatable bonds is 3. The molecule has 1 unspecified atom stereocenters. The molecule has 0 saturated carbocycles. The van der Waals surface area contributed by atoms with Gasteiger partial charge in [0.2, 0.25) is 0 Å². The van der Waals surface area contributed by atoms with E-state index in [4.69, 9.17) is 4.74 Å². The minimum atomic E-state index is -1.28. The number of aliphatic hydroxyl groups is 1. The molecule has 5 heteroatoms. The number of hydrogen-bond donors (Lipinski definition) is 1. The Balaban J connectivity index is 3.00. The van der Waals surface area contributed by atoms with E-state index in [0.717, 1.165) is 0 Å². The molecule has 1 atom stereocenters. The van der Waals surface area contributed by atoms with Gasteiger partial charge < -0.3 is 14.6 Å². The molecule has 0 aliphatic rings. The molecule has 0 saturated heterocycles. The molecule has 4 nitrogen and oxygen atoms in total. The van der Waals surface area contributed by atoms with Crippen molar-refractivity contribution in [2.75, 3.05) is 14.2 Å². The van der Waals surface area contributed by atoms with E-state index in [0.29, 0.717) is 15.8 Å². The Morgan fingerprint density at radius 1 is 1.47 bits per heavy atom. The molecular weight excluding hydrogens is 264 g/mol. The van der Waals surface area contributed by atoms with Crippen LogP contribution in [0.5, 0.6) is 5.75 Å². The molecule has 0 fully saturated rings. The summed E-state index contributed by atoms with van der Waals surface area (Å²) in [5.74, 6) is -0.0523. The lowest BCUT2D eigenvalue weighted by Gasteiger charge is -2.11. The number of methoxy groups -OCH3 is 2. The van der Waals surface area contributed by atoms with E-state index >= 15 is 0 Å². The third-order valence-corrected chi connectivity index (χ3v) is 2.61. The maximum Gasteiger partial charge on any atom is 0.339 e. The number of ether oxygens (including phenoxy) is 2. The number of carbonyl (C=O) groups excluding carboxylic acids is 1. The van der Waals surface area contributed by atoms with Crippen LogP contribution in [0, 0.1) is 0 Å². The zero-order chi connectivity index (χ0) is 11.4. The van der Waals surface area contributed by atoms with E-state index in [9.17, 15) is 9.90 Å². The van der Waals surface area contributed by atoms with Gasteiger partial charge in [-0.2, -0.15) is 0 Å². The first-order valence-electron chi connectivity index (χ1n) is 4.19. The van der Waals surface area contributed by atoms with Crippen LogP contribution in [-0.4, -0.2) is 25.3 Å². The summed E-state index contributed by atoms with van der Waals surface area (Å²) < 4.78 is 10.0. The van der Waals surface area contributed by atoms with E-state index in [1.54, 1.807) is 18.2 Å². The Kier molecular flexibility index (Phi) is 4.11. The lowest BCUT2D eigenvalue weighted by molar-refractivity contribution is -0.150. The highest BCUT2D eigenvalue weighted by Gasteiger charge is 2.20. The Hall–Kier alpha value is -1.07. The summed E-state index contributed by atoms with van der Waals surface area (Å²) in [5.41, 5.74) is 0.447. The van der Waals surface area contributed by atoms with Gasteiger partial charge in [-0.15, -0.1) is 0 Å². The highest BCUT2D eigenvalue weighted by atomic mass is 79.9. The SMILES string of the molecule is COC(=O)C(O)c1ccc(OC)cc1Br. The van der Waals surface area contributed by atoms with Crippen LogP contribution in [0.1, 0.15) is 11.7 Å². The maximum absolute atomic E-state index is 11.1. The quantitative estimate of drug-likeness (QED) is 0.852. The first kappa shape index (κ1) is 12.0. The van der Waals surface area contributed by atoms with Crippen molar-refractivity contribution in [2.24, 2.45) is 0 Å². The van der Waals surface area contributed by atoms with E-state index in [2.05, 4.69) is 20.7 Å². The second-order valence-electron chi connectivity index (χ2n) is 2.81. The lowest BCUT2D eigenvalue weighted by atomic mass is 10.1. The van der Waals surface area contributed by atoms with Crippen molar-refractivity contribution in [2.45, 2.75) is 6.10 Å². The summed E-state index contributed by atoms with van der Waals surface area (Å²) in [5, 5.41) is 9.59. The van der Waals surface area contributed by atoms with Crippen molar-refractivity contribution >= 4 is 21.9 Å². The van der Waals surface area contributed by atoms with Crippen molar-refractivity contribution in [3.63, 3.8) is 0 Å².